The van der Waals surface area contributed by atoms with Gasteiger partial charge in [-0.25, -0.2) is 13.6 Å². The van der Waals surface area contributed by atoms with Crippen molar-refractivity contribution in [3.05, 3.63) is 35.4 Å². The largest absolute Gasteiger partial charge is 0.366 e. The van der Waals surface area contributed by atoms with Gasteiger partial charge in [0.2, 0.25) is 5.91 Å². The summed E-state index contributed by atoms with van der Waals surface area (Å²) in [4.78, 5) is 28.0. The smallest absolute Gasteiger partial charge is 0.320 e. The third-order valence-corrected chi connectivity index (χ3v) is 6.88. The Morgan fingerprint density at radius 1 is 1.24 bits per heavy atom. The number of ether oxygens (including phenoxy) is 1. The van der Waals surface area contributed by atoms with Gasteiger partial charge in [-0.05, 0) is 43.2 Å². The van der Waals surface area contributed by atoms with Crippen molar-refractivity contribution in [1.29, 1.82) is 0 Å². The van der Waals surface area contributed by atoms with Crippen molar-refractivity contribution < 1.29 is 23.1 Å². The molecule has 2 atom stereocenters. The van der Waals surface area contributed by atoms with Crippen LogP contribution in [0.25, 0.3) is 0 Å². The molecule has 4 aliphatic rings. The molecule has 8 heteroatoms. The Labute approximate surface area is 168 Å². The van der Waals surface area contributed by atoms with Crippen molar-refractivity contribution >= 4 is 11.9 Å². The zero-order chi connectivity index (χ0) is 20.2. The average Bonchev–Trinajstić information content (AvgIpc) is 2.63. The first kappa shape index (κ1) is 18.8. The van der Waals surface area contributed by atoms with Crippen LogP contribution >= 0.6 is 0 Å². The second kappa shape index (κ2) is 6.93. The van der Waals surface area contributed by atoms with Crippen LogP contribution < -0.4 is 5.32 Å². The number of nitrogens with zero attached hydrogens (tertiary/aromatic N) is 2. The zero-order valence-electron chi connectivity index (χ0n) is 16.2. The lowest BCUT2D eigenvalue weighted by Crippen LogP contribution is -2.68. The number of morpholine rings is 1. The van der Waals surface area contributed by atoms with E-state index in [4.69, 9.17) is 4.74 Å². The maximum absolute atomic E-state index is 13.8. The molecule has 3 amide bonds. The van der Waals surface area contributed by atoms with Crippen LogP contribution in [0.5, 0.6) is 0 Å². The van der Waals surface area contributed by atoms with Crippen molar-refractivity contribution in [3.8, 4) is 0 Å². The van der Waals surface area contributed by atoms with Crippen LogP contribution in [0.4, 0.5) is 13.6 Å². The van der Waals surface area contributed by atoms with E-state index in [2.05, 4.69) is 5.32 Å². The number of likely N-dealkylation sites (tertiary alicyclic amines) is 2. The third-order valence-electron chi connectivity index (χ3n) is 6.88. The SMILES string of the molecule is O=C1COC2CCN(C(=O)N3CC4(CC(Cc5ccc(F)cc5F)C4)C3)CC2N1. The third kappa shape index (κ3) is 3.47. The second-order valence-corrected chi connectivity index (χ2v) is 9.11. The van der Waals surface area contributed by atoms with Gasteiger partial charge >= 0.3 is 6.03 Å². The summed E-state index contributed by atoms with van der Waals surface area (Å²) in [5, 5.41) is 2.92. The number of amides is 3. The van der Waals surface area contributed by atoms with Crippen molar-refractivity contribution in [2.24, 2.45) is 11.3 Å². The maximum Gasteiger partial charge on any atom is 0.320 e. The molecule has 1 spiro atoms. The summed E-state index contributed by atoms with van der Waals surface area (Å²) in [7, 11) is 0. The molecule has 2 unspecified atom stereocenters. The fourth-order valence-electron chi connectivity index (χ4n) is 5.54. The van der Waals surface area contributed by atoms with Crippen molar-refractivity contribution in [1.82, 2.24) is 15.1 Å². The quantitative estimate of drug-likeness (QED) is 0.818. The lowest BCUT2D eigenvalue weighted by atomic mass is 9.56. The van der Waals surface area contributed by atoms with E-state index in [0.29, 0.717) is 31.0 Å². The maximum atomic E-state index is 13.8. The predicted octanol–water partition coefficient (Wildman–Crippen LogP) is 1.93. The molecule has 6 nitrogen and oxygen atoms in total. The Morgan fingerprint density at radius 3 is 2.79 bits per heavy atom. The molecule has 0 radical (unpaired) electrons. The van der Waals surface area contributed by atoms with Gasteiger partial charge in [-0.2, -0.15) is 0 Å². The Bertz CT molecular complexity index is 834. The van der Waals surface area contributed by atoms with Gasteiger partial charge in [-0.1, -0.05) is 6.07 Å². The first-order valence-electron chi connectivity index (χ1n) is 10.3. The van der Waals surface area contributed by atoms with E-state index in [1.807, 2.05) is 9.80 Å². The van der Waals surface area contributed by atoms with Gasteiger partial charge in [0.1, 0.15) is 18.2 Å². The van der Waals surface area contributed by atoms with Gasteiger partial charge in [-0.15, -0.1) is 0 Å². The van der Waals surface area contributed by atoms with Crippen molar-refractivity contribution in [2.75, 3.05) is 32.8 Å². The summed E-state index contributed by atoms with van der Waals surface area (Å²) in [6.07, 6.45) is 3.31. The zero-order valence-corrected chi connectivity index (χ0v) is 16.2. The molecule has 1 N–H and O–H groups in total. The first-order valence-corrected chi connectivity index (χ1v) is 10.3. The summed E-state index contributed by atoms with van der Waals surface area (Å²) in [6.45, 7) is 2.72. The van der Waals surface area contributed by atoms with E-state index in [1.54, 1.807) is 0 Å². The Kier molecular flexibility index (Phi) is 4.49. The molecule has 3 heterocycles. The first-order chi connectivity index (χ1) is 13.9. The minimum absolute atomic E-state index is 0.00118. The number of rotatable bonds is 2. The number of urea groups is 1. The molecule has 1 aliphatic carbocycles. The molecule has 3 aliphatic heterocycles. The number of piperidine rings is 1. The fourth-order valence-corrected chi connectivity index (χ4v) is 5.54. The number of fused-ring (bicyclic) bond motifs is 1. The van der Waals surface area contributed by atoms with Gasteiger partial charge < -0.3 is 19.9 Å². The van der Waals surface area contributed by atoms with Crippen LogP contribution in [-0.2, 0) is 16.0 Å². The van der Waals surface area contributed by atoms with E-state index in [0.717, 1.165) is 38.4 Å². The van der Waals surface area contributed by atoms with E-state index in [1.165, 1.54) is 12.1 Å². The Hall–Kier alpha value is -2.22. The number of nitrogens with one attached hydrogen (secondary N) is 1. The molecule has 3 saturated heterocycles. The molecule has 29 heavy (non-hydrogen) atoms. The lowest BCUT2D eigenvalue weighted by molar-refractivity contribution is -0.140. The summed E-state index contributed by atoms with van der Waals surface area (Å²) in [5.74, 6) is -0.759. The molecule has 0 bridgehead atoms. The minimum atomic E-state index is -0.548. The van der Waals surface area contributed by atoms with Crippen molar-refractivity contribution in [2.45, 2.75) is 37.8 Å². The van der Waals surface area contributed by atoms with E-state index >= 15 is 0 Å². The highest BCUT2D eigenvalue weighted by Gasteiger charge is 2.54. The fraction of sp³-hybridized carbons (Fsp3) is 0.619. The Morgan fingerprint density at radius 2 is 2.03 bits per heavy atom. The number of benzene rings is 1. The van der Waals surface area contributed by atoms with Crippen molar-refractivity contribution in [3.63, 3.8) is 0 Å². The van der Waals surface area contributed by atoms with Gasteiger partial charge in [0, 0.05) is 37.7 Å². The van der Waals surface area contributed by atoms with Gasteiger partial charge in [-0.3, -0.25) is 4.79 Å². The number of halogens is 2. The van der Waals surface area contributed by atoms with Gasteiger partial charge in [0.25, 0.3) is 0 Å². The molecule has 1 aromatic rings. The molecule has 5 rings (SSSR count). The van der Waals surface area contributed by atoms with Crippen LogP contribution in [0.15, 0.2) is 18.2 Å². The number of hydrogen-bond acceptors (Lipinski definition) is 3. The van der Waals surface area contributed by atoms with Crippen LogP contribution in [0.3, 0.4) is 0 Å². The summed E-state index contributed by atoms with van der Waals surface area (Å²) in [5.41, 5.74) is 0.732. The van der Waals surface area contributed by atoms with Crippen LogP contribution in [0, 0.1) is 23.0 Å². The molecular weight excluding hydrogens is 380 g/mol. The summed E-state index contributed by atoms with van der Waals surface area (Å²) in [6, 6.07) is 3.68. The minimum Gasteiger partial charge on any atom is -0.366 e. The van der Waals surface area contributed by atoms with E-state index < -0.39 is 11.6 Å². The van der Waals surface area contributed by atoms with Gasteiger partial charge in [0.15, 0.2) is 0 Å². The predicted molar refractivity (Wildman–Crippen MR) is 100 cm³/mol. The highest BCUT2D eigenvalue weighted by Crippen LogP contribution is 2.53. The molecule has 1 aromatic carbocycles. The molecule has 4 fully saturated rings. The standard InChI is InChI=1S/C21H25F2N3O3/c22-15-2-1-14(16(23)6-15)5-13-7-21(8-13)11-26(12-21)20(28)25-4-3-18-17(9-25)24-19(27)10-29-18/h1-2,6,13,17-18H,3-5,7-12H2,(H,24,27). The summed E-state index contributed by atoms with van der Waals surface area (Å²) >= 11 is 0. The molecule has 0 aromatic heterocycles. The molecular formula is C21H25F2N3O3. The van der Waals surface area contributed by atoms with Gasteiger partial charge in [0.05, 0.1) is 12.1 Å². The van der Waals surface area contributed by atoms with E-state index in [-0.39, 0.29) is 36.1 Å². The van der Waals surface area contributed by atoms with Crippen LogP contribution in [-0.4, -0.2) is 66.7 Å². The number of carbonyl (C=O) groups is 2. The lowest BCUT2D eigenvalue weighted by Gasteiger charge is -2.60. The number of hydrogen-bond donors (Lipinski definition) is 1. The molecule has 156 valence electrons. The summed E-state index contributed by atoms with van der Waals surface area (Å²) < 4.78 is 32.4. The highest BCUT2D eigenvalue weighted by molar-refractivity contribution is 5.79. The van der Waals surface area contributed by atoms with Crippen LogP contribution in [0.2, 0.25) is 0 Å². The topological polar surface area (TPSA) is 61.9 Å². The second-order valence-electron chi connectivity index (χ2n) is 9.11. The molecule has 1 saturated carbocycles. The van der Waals surface area contributed by atoms with Crippen LogP contribution in [0.1, 0.15) is 24.8 Å². The number of carbonyl (C=O) groups excluding carboxylic acids is 2. The Balaban J connectivity index is 1.10. The van der Waals surface area contributed by atoms with E-state index in [9.17, 15) is 18.4 Å². The highest BCUT2D eigenvalue weighted by atomic mass is 19.1. The monoisotopic (exact) mass is 405 g/mol. The average molecular weight is 405 g/mol. The normalized spacial score (nSPS) is 28.4.